The summed E-state index contributed by atoms with van der Waals surface area (Å²) in [6.07, 6.45) is -0.563. The lowest BCUT2D eigenvalue weighted by Gasteiger charge is -2.14. The quantitative estimate of drug-likeness (QED) is 0.864. The van der Waals surface area contributed by atoms with Gasteiger partial charge in [-0.2, -0.15) is 0 Å². The standard InChI is InChI=1S/C11H12ClN3O3/c1-7-2-3-8(6-9(7)12)13-10(16)14-15-4-5-18-11(15)17/h2-3,6H,4-5H2,1H3,(H2,13,14,16). The Hall–Kier alpha value is -1.95. The molecule has 1 aromatic carbocycles. The molecule has 2 rings (SSSR count). The van der Waals surface area contributed by atoms with Gasteiger partial charge in [-0.1, -0.05) is 17.7 Å². The summed E-state index contributed by atoms with van der Waals surface area (Å²) in [4.78, 5) is 22.7. The van der Waals surface area contributed by atoms with E-state index in [-0.39, 0.29) is 6.61 Å². The van der Waals surface area contributed by atoms with Crippen LogP contribution in [0.25, 0.3) is 0 Å². The molecule has 3 amide bonds. The summed E-state index contributed by atoms with van der Waals surface area (Å²) in [5.41, 5.74) is 3.85. The molecule has 1 heterocycles. The number of carbonyl (C=O) groups excluding carboxylic acids is 2. The molecule has 0 radical (unpaired) electrons. The van der Waals surface area contributed by atoms with Gasteiger partial charge in [-0.15, -0.1) is 0 Å². The summed E-state index contributed by atoms with van der Waals surface area (Å²) in [7, 11) is 0. The van der Waals surface area contributed by atoms with Crippen LogP contribution in [0.5, 0.6) is 0 Å². The Kier molecular flexibility index (Phi) is 3.57. The molecule has 1 fully saturated rings. The molecule has 0 aliphatic carbocycles. The number of cyclic esters (lactones) is 1. The van der Waals surface area contributed by atoms with Crippen molar-refractivity contribution in [2.24, 2.45) is 0 Å². The van der Waals surface area contributed by atoms with Crippen LogP contribution < -0.4 is 10.7 Å². The normalized spacial score (nSPS) is 14.3. The predicted octanol–water partition coefficient (Wildman–Crippen LogP) is 2.14. The van der Waals surface area contributed by atoms with Crippen molar-refractivity contribution in [3.8, 4) is 0 Å². The number of hydrazine groups is 1. The summed E-state index contributed by atoms with van der Waals surface area (Å²) < 4.78 is 4.67. The van der Waals surface area contributed by atoms with E-state index in [9.17, 15) is 9.59 Å². The van der Waals surface area contributed by atoms with Gasteiger partial charge in [0.25, 0.3) is 0 Å². The third kappa shape index (κ3) is 2.84. The number of nitrogens with zero attached hydrogens (tertiary/aromatic N) is 1. The first kappa shape index (κ1) is 12.5. The molecule has 1 aliphatic heterocycles. The first-order chi connectivity index (χ1) is 8.56. The van der Waals surface area contributed by atoms with Gasteiger partial charge in [0, 0.05) is 10.7 Å². The Morgan fingerprint density at radius 1 is 1.50 bits per heavy atom. The number of carbonyl (C=O) groups is 2. The van der Waals surface area contributed by atoms with Crippen LogP contribution in [-0.2, 0) is 4.74 Å². The van der Waals surface area contributed by atoms with Crippen LogP contribution in [0.1, 0.15) is 5.56 Å². The maximum atomic E-state index is 11.6. The van der Waals surface area contributed by atoms with Crippen LogP contribution >= 0.6 is 11.6 Å². The Labute approximate surface area is 109 Å². The molecule has 96 valence electrons. The molecule has 1 aromatic rings. The summed E-state index contributed by atoms with van der Waals surface area (Å²) in [5, 5.41) is 4.24. The summed E-state index contributed by atoms with van der Waals surface area (Å²) in [6.45, 7) is 2.48. The third-order valence-corrected chi connectivity index (χ3v) is 2.83. The van der Waals surface area contributed by atoms with Gasteiger partial charge in [0.1, 0.15) is 6.61 Å². The molecule has 7 heteroatoms. The van der Waals surface area contributed by atoms with Crippen LogP contribution in [0, 0.1) is 6.92 Å². The highest BCUT2D eigenvalue weighted by atomic mass is 35.5. The molecule has 0 bridgehead atoms. The number of nitrogens with one attached hydrogen (secondary N) is 2. The second-order valence-electron chi connectivity index (χ2n) is 3.80. The van der Waals surface area contributed by atoms with E-state index in [0.29, 0.717) is 17.3 Å². The lowest BCUT2D eigenvalue weighted by molar-refractivity contribution is 0.147. The van der Waals surface area contributed by atoms with E-state index >= 15 is 0 Å². The average Bonchev–Trinajstić information content (AvgIpc) is 2.70. The van der Waals surface area contributed by atoms with Gasteiger partial charge in [-0.05, 0) is 24.6 Å². The zero-order valence-corrected chi connectivity index (χ0v) is 10.5. The van der Waals surface area contributed by atoms with Crippen molar-refractivity contribution in [2.75, 3.05) is 18.5 Å². The second kappa shape index (κ2) is 5.14. The molecular formula is C11H12ClN3O3. The van der Waals surface area contributed by atoms with Gasteiger partial charge in [-0.25, -0.2) is 20.0 Å². The summed E-state index contributed by atoms with van der Waals surface area (Å²) in [6, 6.07) is 4.64. The van der Waals surface area contributed by atoms with Crippen LogP contribution in [0.3, 0.4) is 0 Å². The van der Waals surface area contributed by atoms with Gasteiger partial charge in [-0.3, -0.25) is 0 Å². The fourth-order valence-electron chi connectivity index (χ4n) is 1.45. The molecular weight excluding hydrogens is 258 g/mol. The molecule has 6 nitrogen and oxygen atoms in total. The van der Waals surface area contributed by atoms with Crippen LogP contribution in [0.4, 0.5) is 15.3 Å². The van der Waals surface area contributed by atoms with Crippen molar-refractivity contribution >= 4 is 29.4 Å². The summed E-state index contributed by atoms with van der Waals surface area (Å²) >= 11 is 5.93. The van der Waals surface area contributed by atoms with E-state index in [1.807, 2.05) is 6.92 Å². The maximum absolute atomic E-state index is 11.6. The van der Waals surface area contributed by atoms with Crippen LogP contribution in [0.15, 0.2) is 18.2 Å². The van der Waals surface area contributed by atoms with Crippen molar-refractivity contribution in [2.45, 2.75) is 6.92 Å². The predicted molar refractivity (Wildman–Crippen MR) is 66.4 cm³/mol. The van der Waals surface area contributed by atoms with Crippen molar-refractivity contribution in [1.82, 2.24) is 10.4 Å². The number of hydrogen-bond acceptors (Lipinski definition) is 3. The number of urea groups is 1. The zero-order chi connectivity index (χ0) is 13.1. The third-order valence-electron chi connectivity index (χ3n) is 2.43. The molecule has 18 heavy (non-hydrogen) atoms. The van der Waals surface area contributed by atoms with Gasteiger partial charge in [0.2, 0.25) is 0 Å². The topological polar surface area (TPSA) is 70.7 Å². The molecule has 0 unspecified atom stereocenters. The lowest BCUT2D eigenvalue weighted by atomic mass is 10.2. The number of benzene rings is 1. The van der Waals surface area contributed by atoms with Crippen molar-refractivity contribution < 1.29 is 14.3 Å². The minimum absolute atomic E-state index is 0.273. The minimum Gasteiger partial charge on any atom is -0.446 e. The average molecular weight is 270 g/mol. The van der Waals surface area contributed by atoms with E-state index in [2.05, 4.69) is 15.5 Å². The summed E-state index contributed by atoms with van der Waals surface area (Å²) in [5.74, 6) is 0. The second-order valence-corrected chi connectivity index (χ2v) is 4.20. The molecule has 1 saturated heterocycles. The molecule has 1 aliphatic rings. The van der Waals surface area contributed by atoms with Crippen LogP contribution in [-0.4, -0.2) is 30.3 Å². The molecule has 2 N–H and O–H groups in total. The molecule has 0 spiro atoms. The fraction of sp³-hybridized carbons (Fsp3) is 0.273. The largest absolute Gasteiger partial charge is 0.446 e. The minimum atomic E-state index is -0.563. The number of halogens is 1. The first-order valence-corrected chi connectivity index (χ1v) is 5.72. The maximum Gasteiger partial charge on any atom is 0.428 e. The fourth-order valence-corrected chi connectivity index (χ4v) is 1.63. The number of amides is 3. The van der Waals surface area contributed by atoms with E-state index in [1.54, 1.807) is 18.2 Å². The highest BCUT2D eigenvalue weighted by Gasteiger charge is 2.23. The number of rotatable bonds is 2. The molecule has 0 atom stereocenters. The van der Waals surface area contributed by atoms with Gasteiger partial charge < -0.3 is 10.1 Å². The lowest BCUT2D eigenvalue weighted by Crippen LogP contribution is -2.44. The van der Waals surface area contributed by atoms with E-state index < -0.39 is 12.1 Å². The highest BCUT2D eigenvalue weighted by molar-refractivity contribution is 6.31. The number of aryl methyl sites for hydroxylation is 1. The van der Waals surface area contributed by atoms with Crippen LogP contribution in [0.2, 0.25) is 5.02 Å². The molecule has 0 saturated carbocycles. The smallest absolute Gasteiger partial charge is 0.428 e. The first-order valence-electron chi connectivity index (χ1n) is 5.34. The van der Waals surface area contributed by atoms with E-state index in [1.165, 1.54) is 0 Å². The number of hydrogen-bond donors (Lipinski definition) is 2. The van der Waals surface area contributed by atoms with E-state index in [4.69, 9.17) is 11.6 Å². The van der Waals surface area contributed by atoms with Crippen molar-refractivity contribution in [1.29, 1.82) is 0 Å². The Balaban J connectivity index is 1.94. The van der Waals surface area contributed by atoms with Crippen molar-refractivity contribution in [3.05, 3.63) is 28.8 Å². The number of anilines is 1. The zero-order valence-electron chi connectivity index (χ0n) is 9.70. The van der Waals surface area contributed by atoms with E-state index in [0.717, 1.165) is 10.6 Å². The highest BCUT2D eigenvalue weighted by Crippen LogP contribution is 2.19. The van der Waals surface area contributed by atoms with Gasteiger partial charge in [0.15, 0.2) is 0 Å². The van der Waals surface area contributed by atoms with Crippen molar-refractivity contribution in [3.63, 3.8) is 0 Å². The Morgan fingerprint density at radius 2 is 2.28 bits per heavy atom. The Morgan fingerprint density at radius 3 is 2.89 bits per heavy atom. The van der Waals surface area contributed by atoms with Gasteiger partial charge in [0.05, 0.1) is 6.54 Å². The van der Waals surface area contributed by atoms with Gasteiger partial charge >= 0.3 is 12.1 Å². The Bertz CT molecular complexity index is 492. The number of ether oxygens (including phenoxy) is 1. The molecule has 0 aromatic heterocycles. The monoisotopic (exact) mass is 269 g/mol. The SMILES string of the molecule is Cc1ccc(NC(=O)NN2CCOC2=O)cc1Cl.